The number of nitrogens with zero attached hydrogens (tertiary/aromatic N) is 2. The van der Waals surface area contributed by atoms with E-state index in [9.17, 15) is 9.59 Å². The van der Waals surface area contributed by atoms with Crippen molar-refractivity contribution in [1.82, 2.24) is 9.97 Å². The number of amides is 1. The van der Waals surface area contributed by atoms with Crippen molar-refractivity contribution < 1.29 is 19.4 Å². The highest BCUT2D eigenvalue weighted by Crippen LogP contribution is 2.14. The Morgan fingerprint density at radius 1 is 1.29 bits per heavy atom. The predicted molar refractivity (Wildman–Crippen MR) is 74.3 cm³/mol. The molecule has 21 heavy (non-hydrogen) atoms. The van der Waals surface area contributed by atoms with Crippen LogP contribution in [0.4, 0.5) is 10.6 Å². The summed E-state index contributed by atoms with van der Waals surface area (Å²) in [5.41, 5.74) is 0.374. The average Bonchev–Trinajstić information content (AvgIpc) is 2.46. The highest BCUT2D eigenvalue weighted by molar-refractivity contribution is 6.29. The fraction of sp³-hybridized carbons (Fsp3) is 0.0769. The van der Waals surface area contributed by atoms with Crippen molar-refractivity contribution in [3.63, 3.8) is 0 Å². The molecule has 1 aromatic heterocycles. The van der Waals surface area contributed by atoms with Gasteiger partial charge in [-0.05, 0) is 5.56 Å². The van der Waals surface area contributed by atoms with Crippen LogP contribution in [0.25, 0.3) is 0 Å². The number of hydrogen-bond acceptors (Lipinski definition) is 5. The number of carbonyl (C=O) groups excluding carboxylic acids is 1. The number of anilines is 1. The van der Waals surface area contributed by atoms with Crippen LogP contribution in [0.15, 0.2) is 36.5 Å². The van der Waals surface area contributed by atoms with Gasteiger partial charge in [0.25, 0.3) is 0 Å². The standard InChI is InChI=1S/C13H10ClN3O4/c14-9-6-15-10(12(18)19)11(16-9)17-13(20)21-7-8-4-2-1-3-5-8/h1-6H,7H2,(H,18,19)(H,16,17,20). The maximum atomic E-state index is 11.6. The lowest BCUT2D eigenvalue weighted by molar-refractivity contribution is 0.0691. The van der Waals surface area contributed by atoms with E-state index in [-0.39, 0.29) is 17.6 Å². The minimum Gasteiger partial charge on any atom is -0.476 e. The number of hydrogen-bond donors (Lipinski definition) is 2. The van der Waals surface area contributed by atoms with Crippen LogP contribution >= 0.6 is 11.6 Å². The van der Waals surface area contributed by atoms with E-state index in [1.165, 1.54) is 0 Å². The monoisotopic (exact) mass is 307 g/mol. The summed E-state index contributed by atoms with van der Waals surface area (Å²) < 4.78 is 4.95. The van der Waals surface area contributed by atoms with Crippen molar-refractivity contribution >= 4 is 29.5 Å². The largest absolute Gasteiger partial charge is 0.476 e. The van der Waals surface area contributed by atoms with Crippen molar-refractivity contribution in [2.45, 2.75) is 6.61 Å². The van der Waals surface area contributed by atoms with Crippen molar-refractivity contribution in [3.05, 3.63) is 52.9 Å². The Hall–Kier alpha value is -2.67. The predicted octanol–water partition coefficient (Wildman–Crippen LogP) is 2.58. The molecule has 0 aliphatic carbocycles. The van der Waals surface area contributed by atoms with E-state index in [1.54, 1.807) is 12.1 Å². The van der Waals surface area contributed by atoms with Crippen LogP contribution in [0.2, 0.25) is 5.15 Å². The van der Waals surface area contributed by atoms with E-state index in [2.05, 4.69) is 15.3 Å². The van der Waals surface area contributed by atoms with Crippen molar-refractivity contribution in [1.29, 1.82) is 0 Å². The SMILES string of the molecule is O=C(Nc1nc(Cl)cnc1C(=O)O)OCc1ccccc1. The van der Waals surface area contributed by atoms with Crippen molar-refractivity contribution in [3.8, 4) is 0 Å². The number of carboxylic acid groups (broad SMARTS) is 1. The second kappa shape index (κ2) is 6.67. The molecule has 2 N–H and O–H groups in total. The topological polar surface area (TPSA) is 101 Å². The summed E-state index contributed by atoms with van der Waals surface area (Å²) in [5.74, 6) is -1.61. The summed E-state index contributed by atoms with van der Waals surface area (Å²) in [7, 11) is 0. The molecule has 0 saturated carbocycles. The molecule has 7 nitrogen and oxygen atoms in total. The van der Waals surface area contributed by atoms with Gasteiger partial charge in [-0.1, -0.05) is 41.9 Å². The highest BCUT2D eigenvalue weighted by atomic mass is 35.5. The zero-order chi connectivity index (χ0) is 15.2. The summed E-state index contributed by atoms with van der Waals surface area (Å²) in [6, 6.07) is 9.03. The zero-order valence-corrected chi connectivity index (χ0v) is 11.4. The first-order valence-electron chi connectivity index (χ1n) is 5.80. The molecule has 2 aromatic rings. The zero-order valence-electron chi connectivity index (χ0n) is 10.6. The fourth-order valence-electron chi connectivity index (χ4n) is 1.47. The second-order valence-corrected chi connectivity index (χ2v) is 4.27. The molecule has 8 heteroatoms. The van der Waals surface area contributed by atoms with E-state index >= 15 is 0 Å². The third-order valence-corrected chi connectivity index (χ3v) is 2.56. The number of ether oxygens (including phenoxy) is 1. The highest BCUT2D eigenvalue weighted by Gasteiger charge is 2.17. The molecular formula is C13H10ClN3O4. The van der Waals surface area contributed by atoms with E-state index in [4.69, 9.17) is 21.4 Å². The van der Waals surface area contributed by atoms with Gasteiger partial charge >= 0.3 is 12.1 Å². The summed E-state index contributed by atoms with van der Waals surface area (Å²) in [6.45, 7) is 0.0447. The Morgan fingerprint density at radius 2 is 2.00 bits per heavy atom. The maximum absolute atomic E-state index is 11.6. The molecule has 0 radical (unpaired) electrons. The van der Waals surface area contributed by atoms with Gasteiger partial charge in [-0.2, -0.15) is 0 Å². The Morgan fingerprint density at radius 3 is 2.67 bits per heavy atom. The number of benzene rings is 1. The first-order chi connectivity index (χ1) is 10.1. The molecule has 0 bridgehead atoms. The van der Waals surface area contributed by atoms with Crippen LogP contribution in [-0.2, 0) is 11.3 Å². The van der Waals surface area contributed by atoms with Gasteiger partial charge in [-0.25, -0.2) is 19.6 Å². The fourth-order valence-corrected chi connectivity index (χ4v) is 1.60. The smallest absolute Gasteiger partial charge is 0.413 e. The van der Waals surface area contributed by atoms with Crippen LogP contribution in [0, 0.1) is 0 Å². The van der Waals surface area contributed by atoms with Gasteiger partial charge in [-0.15, -0.1) is 0 Å². The number of carbonyl (C=O) groups is 2. The Balaban J connectivity index is 2.02. The average molecular weight is 308 g/mol. The molecule has 1 aromatic carbocycles. The number of carboxylic acids is 1. The molecule has 0 atom stereocenters. The Kier molecular flexibility index (Phi) is 4.68. The van der Waals surface area contributed by atoms with Crippen LogP contribution in [0.1, 0.15) is 16.1 Å². The lowest BCUT2D eigenvalue weighted by atomic mass is 10.2. The lowest BCUT2D eigenvalue weighted by Crippen LogP contribution is -2.18. The lowest BCUT2D eigenvalue weighted by Gasteiger charge is -2.08. The van der Waals surface area contributed by atoms with Gasteiger partial charge in [-0.3, -0.25) is 5.32 Å². The second-order valence-electron chi connectivity index (χ2n) is 3.88. The number of nitrogens with one attached hydrogen (secondary N) is 1. The molecule has 1 amide bonds. The van der Waals surface area contributed by atoms with Crippen molar-refractivity contribution in [2.75, 3.05) is 5.32 Å². The quantitative estimate of drug-likeness (QED) is 0.900. The van der Waals surface area contributed by atoms with Gasteiger partial charge in [0.2, 0.25) is 0 Å². The molecular weight excluding hydrogens is 298 g/mol. The molecule has 0 saturated heterocycles. The molecule has 0 fully saturated rings. The third-order valence-electron chi connectivity index (χ3n) is 2.38. The van der Waals surface area contributed by atoms with Gasteiger partial charge in [0.05, 0.1) is 6.20 Å². The molecule has 0 aliphatic rings. The van der Waals surface area contributed by atoms with Gasteiger partial charge in [0, 0.05) is 0 Å². The number of halogens is 1. The van der Waals surface area contributed by atoms with Gasteiger partial charge < -0.3 is 9.84 Å². The van der Waals surface area contributed by atoms with E-state index in [0.717, 1.165) is 11.8 Å². The summed E-state index contributed by atoms with van der Waals surface area (Å²) in [6.07, 6.45) is 0.226. The normalized spacial score (nSPS) is 9.95. The van der Waals surface area contributed by atoms with Crippen molar-refractivity contribution in [2.24, 2.45) is 0 Å². The maximum Gasteiger partial charge on any atom is 0.413 e. The minimum absolute atomic E-state index is 0.0432. The molecule has 108 valence electrons. The third kappa shape index (κ3) is 4.15. The summed E-state index contributed by atoms with van der Waals surface area (Å²) >= 11 is 5.62. The van der Waals surface area contributed by atoms with Crippen LogP contribution < -0.4 is 5.32 Å². The van der Waals surface area contributed by atoms with E-state index in [1.807, 2.05) is 18.2 Å². The number of aromatic carboxylic acids is 1. The Labute approximate surface area is 124 Å². The molecule has 1 heterocycles. The first kappa shape index (κ1) is 14.7. The van der Waals surface area contributed by atoms with E-state index in [0.29, 0.717) is 0 Å². The Bertz CT molecular complexity index is 664. The van der Waals surface area contributed by atoms with Gasteiger partial charge in [0.1, 0.15) is 11.8 Å². The number of rotatable bonds is 4. The van der Waals surface area contributed by atoms with Crippen LogP contribution in [0.3, 0.4) is 0 Å². The van der Waals surface area contributed by atoms with Crippen LogP contribution in [-0.4, -0.2) is 27.1 Å². The number of aromatic nitrogens is 2. The molecule has 0 spiro atoms. The molecule has 2 rings (SSSR count). The summed E-state index contributed by atoms with van der Waals surface area (Å²) in [5, 5.41) is 11.1. The first-order valence-corrected chi connectivity index (χ1v) is 6.17. The van der Waals surface area contributed by atoms with Crippen LogP contribution in [0.5, 0.6) is 0 Å². The molecule has 0 aliphatic heterocycles. The molecule has 0 unspecified atom stereocenters. The van der Waals surface area contributed by atoms with E-state index < -0.39 is 17.8 Å². The minimum atomic E-state index is -1.34. The summed E-state index contributed by atoms with van der Waals surface area (Å²) in [4.78, 5) is 29.9. The van der Waals surface area contributed by atoms with Gasteiger partial charge in [0.15, 0.2) is 11.5 Å².